The fourth-order valence-electron chi connectivity index (χ4n) is 1.25. The molecule has 1 rings (SSSR count). The molecule has 0 heterocycles. The van der Waals surface area contributed by atoms with Crippen LogP contribution in [0, 0.1) is 0 Å². The van der Waals surface area contributed by atoms with E-state index in [1.165, 1.54) is 20.3 Å². The number of aromatic hydroxyl groups is 1. The van der Waals surface area contributed by atoms with Gasteiger partial charge in [0.2, 0.25) is 0 Å². The molecule has 0 atom stereocenters. The minimum Gasteiger partial charge on any atom is -0.508 e. The van der Waals surface area contributed by atoms with Crippen molar-refractivity contribution in [3.05, 3.63) is 23.8 Å². The first kappa shape index (κ1) is 12.3. The topological polar surface area (TPSA) is 67.8 Å². The van der Waals surface area contributed by atoms with Crippen LogP contribution in [0.1, 0.15) is 5.56 Å². The molecular formula is C11H15NO4. The van der Waals surface area contributed by atoms with Gasteiger partial charge in [-0.15, -0.1) is 0 Å². The van der Waals surface area contributed by atoms with Crippen molar-refractivity contribution in [3.63, 3.8) is 0 Å². The lowest BCUT2D eigenvalue weighted by Gasteiger charge is -2.09. The van der Waals surface area contributed by atoms with Gasteiger partial charge >= 0.3 is 5.97 Å². The maximum atomic E-state index is 10.9. The van der Waals surface area contributed by atoms with Crippen LogP contribution in [-0.4, -0.2) is 31.8 Å². The molecule has 0 aromatic heterocycles. The molecule has 0 bridgehead atoms. The highest BCUT2D eigenvalue weighted by Crippen LogP contribution is 2.23. The third kappa shape index (κ3) is 3.43. The van der Waals surface area contributed by atoms with E-state index in [2.05, 4.69) is 10.1 Å². The lowest BCUT2D eigenvalue weighted by atomic mass is 10.2. The second-order valence-electron chi connectivity index (χ2n) is 3.18. The Morgan fingerprint density at radius 1 is 1.44 bits per heavy atom. The van der Waals surface area contributed by atoms with Crippen LogP contribution in [-0.2, 0) is 16.1 Å². The van der Waals surface area contributed by atoms with E-state index in [0.29, 0.717) is 12.3 Å². The molecule has 0 radical (unpaired) electrons. The Morgan fingerprint density at radius 3 is 2.81 bits per heavy atom. The lowest BCUT2D eigenvalue weighted by molar-refractivity contribution is -0.139. The fraction of sp³-hybridized carbons (Fsp3) is 0.364. The smallest absolute Gasteiger partial charge is 0.319 e. The van der Waals surface area contributed by atoms with Gasteiger partial charge in [-0.25, -0.2) is 0 Å². The molecule has 0 aliphatic rings. The SMILES string of the molecule is COC(=O)CNCc1ccc(O)cc1OC. The number of carbonyl (C=O) groups excluding carboxylic acids is 1. The van der Waals surface area contributed by atoms with E-state index < -0.39 is 0 Å². The van der Waals surface area contributed by atoms with Gasteiger partial charge in [-0.05, 0) is 6.07 Å². The summed E-state index contributed by atoms with van der Waals surface area (Å²) in [5, 5.41) is 12.2. The average Bonchev–Trinajstić information content (AvgIpc) is 2.30. The summed E-state index contributed by atoms with van der Waals surface area (Å²) < 4.78 is 9.58. The highest BCUT2D eigenvalue weighted by molar-refractivity contribution is 5.71. The van der Waals surface area contributed by atoms with Crippen molar-refractivity contribution in [1.29, 1.82) is 0 Å². The fourth-order valence-corrected chi connectivity index (χ4v) is 1.25. The highest BCUT2D eigenvalue weighted by atomic mass is 16.5. The molecule has 0 fully saturated rings. The van der Waals surface area contributed by atoms with Gasteiger partial charge in [0.25, 0.3) is 0 Å². The van der Waals surface area contributed by atoms with Crippen LogP contribution in [0.25, 0.3) is 0 Å². The van der Waals surface area contributed by atoms with Crippen molar-refractivity contribution < 1.29 is 19.4 Å². The number of benzene rings is 1. The standard InChI is InChI=1S/C11H15NO4/c1-15-10-5-9(13)4-3-8(10)6-12-7-11(14)16-2/h3-5,12-13H,6-7H2,1-2H3. The summed E-state index contributed by atoms with van der Waals surface area (Å²) in [5.41, 5.74) is 0.865. The van der Waals surface area contributed by atoms with E-state index in [1.54, 1.807) is 12.1 Å². The summed E-state index contributed by atoms with van der Waals surface area (Å²) in [7, 11) is 2.86. The summed E-state index contributed by atoms with van der Waals surface area (Å²) in [5.74, 6) is 0.406. The van der Waals surface area contributed by atoms with Gasteiger partial charge in [-0.1, -0.05) is 6.07 Å². The first-order valence-corrected chi connectivity index (χ1v) is 4.80. The van der Waals surface area contributed by atoms with Crippen LogP contribution in [0.4, 0.5) is 0 Å². The molecule has 0 amide bonds. The van der Waals surface area contributed by atoms with Gasteiger partial charge in [-0.2, -0.15) is 0 Å². The molecule has 0 unspecified atom stereocenters. The zero-order valence-corrected chi connectivity index (χ0v) is 9.32. The van der Waals surface area contributed by atoms with Gasteiger partial charge in [0.05, 0.1) is 20.8 Å². The first-order chi connectivity index (χ1) is 7.67. The lowest BCUT2D eigenvalue weighted by Crippen LogP contribution is -2.23. The summed E-state index contributed by atoms with van der Waals surface area (Å²) in [6.45, 7) is 0.610. The van der Waals surface area contributed by atoms with Gasteiger partial charge in [-0.3, -0.25) is 4.79 Å². The maximum absolute atomic E-state index is 10.9. The van der Waals surface area contributed by atoms with Crippen molar-refractivity contribution in [2.45, 2.75) is 6.54 Å². The molecule has 5 heteroatoms. The Hall–Kier alpha value is -1.75. The van der Waals surface area contributed by atoms with Gasteiger partial charge in [0.15, 0.2) is 0 Å². The van der Waals surface area contributed by atoms with E-state index in [0.717, 1.165) is 5.56 Å². The van der Waals surface area contributed by atoms with E-state index in [1.807, 2.05) is 0 Å². The van der Waals surface area contributed by atoms with Crippen LogP contribution in [0.3, 0.4) is 0 Å². The summed E-state index contributed by atoms with van der Waals surface area (Å²) >= 11 is 0. The molecule has 88 valence electrons. The highest BCUT2D eigenvalue weighted by Gasteiger charge is 2.05. The number of methoxy groups -OCH3 is 2. The normalized spacial score (nSPS) is 9.88. The second kappa shape index (κ2) is 5.97. The van der Waals surface area contributed by atoms with Crippen molar-refractivity contribution in [1.82, 2.24) is 5.32 Å². The quantitative estimate of drug-likeness (QED) is 0.721. The summed E-state index contributed by atoms with van der Waals surface area (Å²) in [6, 6.07) is 4.82. The molecule has 0 aliphatic heterocycles. The maximum Gasteiger partial charge on any atom is 0.319 e. The molecular weight excluding hydrogens is 210 g/mol. The van der Waals surface area contributed by atoms with Crippen molar-refractivity contribution >= 4 is 5.97 Å². The predicted octanol–water partition coefficient (Wildman–Crippen LogP) is 0.663. The van der Waals surface area contributed by atoms with Crippen LogP contribution in [0.15, 0.2) is 18.2 Å². The number of carbonyl (C=O) groups is 1. The minimum atomic E-state index is -0.322. The average molecular weight is 225 g/mol. The number of rotatable bonds is 5. The number of ether oxygens (including phenoxy) is 2. The van der Waals surface area contributed by atoms with E-state index in [9.17, 15) is 9.90 Å². The molecule has 2 N–H and O–H groups in total. The van der Waals surface area contributed by atoms with E-state index in [-0.39, 0.29) is 18.3 Å². The monoisotopic (exact) mass is 225 g/mol. The minimum absolute atomic E-state index is 0.139. The van der Waals surface area contributed by atoms with E-state index >= 15 is 0 Å². The van der Waals surface area contributed by atoms with Gasteiger partial charge in [0, 0.05) is 18.2 Å². The number of hydrogen-bond donors (Lipinski definition) is 2. The molecule has 0 spiro atoms. The molecule has 0 aliphatic carbocycles. The van der Waals surface area contributed by atoms with Crippen molar-refractivity contribution in [2.75, 3.05) is 20.8 Å². The molecule has 1 aromatic rings. The summed E-state index contributed by atoms with van der Waals surface area (Å²) in [4.78, 5) is 10.9. The molecule has 1 aromatic carbocycles. The summed E-state index contributed by atoms with van der Waals surface area (Å²) in [6.07, 6.45) is 0. The Kier molecular flexibility index (Phi) is 4.60. The molecule has 5 nitrogen and oxygen atoms in total. The number of esters is 1. The largest absolute Gasteiger partial charge is 0.508 e. The first-order valence-electron chi connectivity index (χ1n) is 4.80. The van der Waals surface area contributed by atoms with Crippen LogP contribution < -0.4 is 10.1 Å². The van der Waals surface area contributed by atoms with Crippen LogP contribution in [0.2, 0.25) is 0 Å². The number of hydrogen-bond acceptors (Lipinski definition) is 5. The zero-order chi connectivity index (χ0) is 12.0. The van der Waals surface area contributed by atoms with Crippen LogP contribution >= 0.6 is 0 Å². The number of phenolic OH excluding ortho intramolecular Hbond substituents is 1. The van der Waals surface area contributed by atoms with Crippen molar-refractivity contribution in [2.24, 2.45) is 0 Å². The predicted molar refractivity (Wildman–Crippen MR) is 58.4 cm³/mol. The molecule has 0 saturated heterocycles. The number of nitrogens with one attached hydrogen (secondary N) is 1. The Balaban J connectivity index is 2.56. The second-order valence-corrected chi connectivity index (χ2v) is 3.18. The molecule has 0 saturated carbocycles. The van der Waals surface area contributed by atoms with E-state index in [4.69, 9.17) is 4.74 Å². The zero-order valence-electron chi connectivity index (χ0n) is 9.32. The van der Waals surface area contributed by atoms with Gasteiger partial charge < -0.3 is 19.9 Å². The van der Waals surface area contributed by atoms with Gasteiger partial charge in [0.1, 0.15) is 11.5 Å². The van der Waals surface area contributed by atoms with Crippen molar-refractivity contribution in [3.8, 4) is 11.5 Å². The van der Waals surface area contributed by atoms with Crippen LogP contribution in [0.5, 0.6) is 11.5 Å². The Labute approximate surface area is 94.0 Å². The number of phenols is 1. The molecule has 16 heavy (non-hydrogen) atoms. The third-order valence-electron chi connectivity index (χ3n) is 2.08. The Bertz CT molecular complexity index is 365. The third-order valence-corrected chi connectivity index (χ3v) is 2.08. The Morgan fingerprint density at radius 2 is 2.19 bits per heavy atom.